The van der Waals surface area contributed by atoms with Crippen molar-refractivity contribution in [3.05, 3.63) is 29.3 Å². The first-order valence-corrected chi connectivity index (χ1v) is 6.84. The Morgan fingerprint density at radius 2 is 2.06 bits per heavy atom. The molecule has 1 saturated carbocycles. The SMILES string of the molecule is CC(O)c1cccc2c1N(C1CCCC1)CC2. The number of para-hydroxylation sites is 1. The molecule has 1 N–H and O–H groups in total. The van der Waals surface area contributed by atoms with Gasteiger partial charge in [-0.05, 0) is 31.7 Å². The van der Waals surface area contributed by atoms with Crippen LogP contribution >= 0.6 is 0 Å². The highest BCUT2D eigenvalue weighted by molar-refractivity contribution is 5.64. The Balaban J connectivity index is 1.99. The van der Waals surface area contributed by atoms with Crippen LogP contribution < -0.4 is 4.90 Å². The van der Waals surface area contributed by atoms with Gasteiger partial charge in [0.15, 0.2) is 0 Å². The van der Waals surface area contributed by atoms with E-state index in [0.717, 1.165) is 24.6 Å². The monoisotopic (exact) mass is 231 g/mol. The number of hydrogen-bond donors (Lipinski definition) is 1. The van der Waals surface area contributed by atoms with E-state index in [9.17, 15) is 5.11 Å². The average molecular weight is 231 g/mol. The van der Waals surface area contributed by atoms with Gasteiger partial charge in [0.05, 0.1) is 6.10 Å². The van der Waals surface area contributed by atoms with Crippen molar-refractivity contribution in [3.63, 3.8) is 0 Å². The minimum atomic E-state index is -0.355. The average Bonchev–Trinajstić information content (AvgIpc) is 2.96. The van der Waals surface area contributed by atoms with Gasteiger partial charge in [0.1, 0.15) is 0 Å². The van der Waals surface area contributed by atoms with Gasteiger partial charge in [0, 0.05) is 23.8 Å². The number of anilines is 1. The van der Waals surface area contributed by atoms with Crippen LogP contribution in [0.1, 0.15) is 49.8 Å². The van der Waals surface area contributed by atoms with Crippen LogP contribution in [0.15, 0.2) is 18.2 Å². The van der Waals surface area contributed by atoms with Gasteiger partial charge >= 0.3 is 0 Å². The van der Waals surface area contributed by atoms with Gasteiger partial charge < -0.3 is 10.0 Å². The maximum absolute atomic E-state index is 9.92. The summed E-state index contributed by atoms with van der Waals surface area (Å²) < 4.78 is 0. The van der Waals surface area contributed by atoms with Gasteiger partial charge in [0.25, 0.3) is 0 Å². The highest BCUT2D eigenvalue weighted by atomic mass is 16.3. The largest absolute Gasteiger partial charge is 0.389 e. The fourth-order valence-electron chi connectivity index (χ4n) is 3.43. The maximum atomic E-state index is 9.92. The van der Waals surface area contributed by atoms with E-state index in [1.807, 2.05) is 6.92 Å². The Kier molecular flexibility index (Phi) is 2.83. The van der Waals surface area contributed by atoms with Crippen molar-refractivity contribution in [2.75, 3.05) is 11.4 Å². The van der Waals surface area contributed by atoms with Gasteiger partial charge in [-0.1, -0.05) is 31.0 Å². The van der Waals surface area contributed by atoms with E-state index >= 15 is 0 Å². The third-order valence-corrected chi connectivity index (χ3v) is 4.28. The first-order chi connectivity index (χ1) is 8.27. The fourth-order valence-corrected chi connectivity index (χ4v) is 3.43. The molecule has 2 heteroatoms. The summed E-state index contributed by atoms with van der Waals surface area (Å²) in [5, 5.41) is 9.92. The number of benzene rings is 1. The van der Waals surface area contributed by atoms with Gasteiger partial charge in [-0.15, -0.1) is 0 Å². The zero-order valence-corrected chi connectivity index (χ0v) is 10.5. The first-order valence-electron chi connectivity index (χ1n) is 6.84. The van der Waals surface area contributed by atoms with Crippen LogP contribution in [0.4, 0.5) is 5.69 Å². The molecule has 17 heavy (non-hydrogen) atoms. The summed E-state index contributed by atoms with van der Waals surface area (Å²) in [6.45, 7) is 3.02. The molecule has 2 nitrogen and oxygen atoms in total. The minimum Gasteiger partial charge on any atom is -0.389 e. The van der Waals surface area contributed by atoms with Gasteiger partial charge in [-0.3, -0.25) is 0 Å². The molecule has 1 aliphatic heterocycles. The molecule has 1 atom stereocenters. The fraction of sp³-hybridized carbons (Fsp3) is 0.600. The molecule has 1 heterocycles. The molecule has 1 fully saturated rings. The highest BCUT2D eigenvalue weighted by Gasteiger charge is 2.30. The molecular weight excluding hydrogens is 210 g/mol. The molecule has 92 valence electrons. The van der Waals surface area contributed by atoms with E-state index in [1.54, 1.807) is 0 Å². The molecule has 0 amide bonds. The number of hydrogen-bond acceptors (Lipinski definition) is 2. The summed E-state index contributed by atoms with van der Waals surface area (Å²) >= 11 is 0. The maximum Gasteiger partial charge on any atom is 0.0782 e. The molecule has 1 aliphatic carbocycles. The second-order valence-corrected chi connectivity index (χ2v) is 5.41. The van der Waals surface area contributed by atoms with Gasteiger partial charge in [-0.2, -0.15) is 0 Å². The number of rotatable bonds is 2. The summed E-state index contributed by atoms with van der Waals surface area (Å²) in [6.07, 6.45) is 6.18. The van der Waals surface area contributed by atoms with Crippen LogP contribution in [0.3, 0.4) is 0 Å². The molecule has 0 spiro atoms. The lowest BCUT2D eigenvalue weighted by molar-refractivity contribution is 0.199. The van der Waals surface area contributed by atoms with Crippen LogP contribution in [0, 0.1) is 0 Å². The molecule has 0 aromatic heterocycles. The van der Waals surface area contributed by atoms with Crippen molar-refractivity contribution in [2.24, 2.45) is 0 Å². The third-order valence-electron chi connectivity index (χ3n) is 4.28. The van der Waals surface area contributed by atoms with E-state index in [-0.39, 0.29) is 6.10 Å². The molecule has 0 radical (unpaired) electrons. The predicted molar refractivity (Wildman–Crippen MR) is 70.4 cm³/mol. The second-order valence-electron chi connectivity index (χ2n) is 5.41. The molecule has 1 aromatic rings. The predicted octanol–water partition coefficient (Wildman–Crippen LogP) is 3.05. The molecule has 1 aromatic carbocycles. The smallest absolute Gasteiger partial charge is 0.0782 e. The summed E-state index contributed by atoms with van der Waals surface area (Å²) in [4.78, 5) is 2.56. The molecule has 3 rings (SSSR count). The number of fused-ring (bicyclic) bond motifs is 1. The van der Waals surface area contributed by atoms with Crippen LogP contribution in [-0.4, -0.2) is 17.7 Å². The quantitative estimate of drug-likeness (QED) is 0.845. The normalized spacial score (nSPS) is 21.9. The Morgan fingerprint density at radius 3 is 2.76 bits per heavy atom. The lowest BCUT2D eigenvalue weighted by Gasteiger charge is -2.29. The summed E-state index contributed by atoms with van der Waals surface area (Å²) in [5.74, 6) is 0. The lowest BCUT2D eigenvalue weighted by atomic mass is 10.0. The number of nitrogens with zero attached hydrogens (tertiary/aromatic N) is 1. The number of aliphatic hydroxyl groups excluding tert-OH is 1. The van der Waals surface area contributed by atoms with Crippen molar-refractivity contribution in [2.45, 2.75) is 51.2 Å². The van der Waals surface area contributed by atoms with Crippen LogP contribution in [0.25, 0.3) is 0 Å². The van der Waals surface area contributed by atoms with E-state index < -0.39 is 0 Å². The summed E-state index contributed by atoms with van der Waals surface area (Å²) in [6, 6.07) is 7.10. The highest BCUT2D eigenvalue weighted by Crippen LogP contribution is 2.39. The van der Waals surface area contributed by atoms with Crippen LogP contribution in [-0.2, 0) is 6.42 Å². The van der Waals surface area contributed by atoms with Crippen LogP contribution in [0.2, 0.25) is 0 Å². The number of aliphatic hydroxyl groups is 1. The van der Waals surface area contributed by atoms with Gasteiger partial charge in [-0.25, -0.2) is 0 Å². The first kappa shape index (κ1) is 11.1. The Hall–Kier alpha value is -1.02. The summed E-state index contributed by atoms with van der Waals surface area (Å²) in [7, 11) is 0. The molecule has 1 unspecified atom stereocenters. The van der Waals surface area contributed by atoms with Crippen molar-refractivity contribution >= 4 is 5.69 Å². The van der Waals surface area contributed by atoms with Crippen molar-refractivity contribution in [1.82, 2.24) is 0 Å². The van der Waals surface area contributed by atoms with Gasteiger partial charge in [0.2, 0.25) is 0 Å². The Bertz CT molecular complexity index is 407. The zero-order valence-electron chi connectivity index (χ0n) is 10.5. The van der Waals surface area contributed by atoms with E-state index in [2.05, 4.69) is 23.1 Å². The van der Waals surface area contributed by atoms with E-state index in [0.29, 0.717) is 0 Å². The van der Waals surface area contributed by atoms with Crippen molar-refractivity contribution < 1.29 is 5.11 Å². The molecule has 2 aliphatic rings. The van der Waals surface area contributed by atoms with E-state index in [4.69, 9.17) is 0 Å². The topological polar surface area (TPSA) is 23.5 Å². The second kappa shape index (κ2) is 4.34. The summed E-state index contributed by atoms with van der Waals surface area (Å²) in [5.41, 5.74) is 3.89. The Labute approximate surface area is 103 Å². The van der Waals surface area contributed by atoms with Crippen molar-refractivity contribution in [1.29, 1.82) is 0 Å². The Morgan fingerprint density at radius 1 is 1.29 bits per heavy atom. The lowest BCUT2D eigenvalue weighted by Crippen LogP contribution is -2.32. The molecule has 0 saturated heterocycles. The molecule has 0 bridgehead atoms. The molecular formula is C15H21NO. The third kappa shape index (κ3) is 1.85. The standard InChI is InChI=1S/C15H21NO/c1-11(17)14-8-4-5-12-9-10-16(15(12)14)13-6-2-3-7-13/h4-5,8,11,13,17H,2-3,6-7,9-10H2,1H3. The van der Waals surface area contributed by atoms with Crippen molar-refractivity contribution in [3.8, 4) is 0 Å². The van der Waals surface area contributed by atoms with E-state index in [1.165, 1.54) is 36.9 Å². The minimum absolute atomic E-state index is 0.355. The zero-order chi connectivity index (χ0) is 11.8. The van der Waals surface area contributed by atoms with Crippen LogP contribution in [0.5, 0.6) is 0 Å².